The molecule has 0 saturated carbocycles. The summed E-state index contributed by atoms with van der Waals surface area (Å²) in [5.74, 6) is -0.535. The molecule has 1 atom stereocenters. The van der Waals surface area contributed by atoms with Crippen LogP contribution in [-0.2, 0) is 9.84 Å². The van der Waals surface area contributed by atoms with Crippen LogP contribution in [0.4, 0.5) is 13.2 Å². The molecule has 3 nitrogen and oxygen atoms in total. The second-order valence-electron chi connectivity index (χ2n) is 3.35. The highest BCUT2D eigenvalue weighted by Crippen LogP contribution is 2.31. The predicted molar refractivity (Wildman–Crippen MR) is 61.8 cm³/mol. The van der Waals surface area contributed by atoms with E-state index in [1.54, 1.807) is 0 Å². The largest absolute Gasteiger partial charge is 0.501 e. The molecule has 98 valence electrons. The summed E-state index contributed by atoms with van der Waals surface area (Å²) in [6.45, 7) is 0. The lowest BCUT2D eigenvalue weighted by Crippen LogP contribution is -2.23. The van der Waals surface area contributed by atoms with Gasteiger partial charge in [0.2, 0.25) is 0 Å². The highest BCUT2D eigenvalue weighted by molar-refractivity contribution is 9.09. The number of nitriles is 1. The molecule has 1 unspecified atom stereocenters. The summed E-state index contributed by atoms with van der Waals surface area (Å²) >= 11 is 3.08. The van der Waals surface area contributed by atoms with Crippen molar-refractivity contribution in [3.63, 3.8) is 0 Å². The molecule has 0 amide bonds. The lowest BCUT2D eigenvalue weighted by molar-refractivity contribution is -0.0436. The average Bonchev–Trinajstić information content (AvgIpc) is 2.30. The van der Waals surface area contributed by atoms with Crippen molar-refractivity contribution in [1.82, 2.24) is 0 Å². The zero-order valence-electron chi connectivity index (χ0n) is 8.78. The molecule has 0 aliphatic heterocycles. The first-order valence-corrected chi connectivity index (χ1v) is 7.21. The smallest absolute Gasteiger partial charge is 0.214 e. The first kappa shape index (κ1) is 15.0. The van der Waals surface area contributed by atoms with E-state index >= 15 is 0 Å². The summed E-state index contributed by atoms with van der Waals surface area (Å²) < 4.78 is 58.9. The minimum absolute atomic E-state index is 0.314. The molecule has 0 aromatic heterocycles. The molecule has 1 rings (SSSR count). The number of rotatable bonds is 3. The van der Waals surface area contributed by atoms with Gasteiger partial charge in [0, 0.05) is 5.33 Å². The summed E-state index contributed by atoms with van der Waals surface area (Å²) in [7, 11) is -5.33. The molecule has 1 aromatic rings. The van der Waals surface area contributed by atoms with Gasteiger partial charge in [-0.3, -0.25) is 0 Å². The van der Waals surface area contributed by atoms with Crippen LogP contribution in [0.15, 0.2) is 29.2 Å². The van der Waals surface area contributed by atoms with Crippen LogP contribution in [0.25, 0.3) is 0 Å². The third kappa shape index (κ3) is 2.84. The first-order valence-electron chi connectivity index (χ1n) is 4.61. The molecule has 0 saturated heterocycles. The van der Waals surface area contributed by atoms with Crippen molar-refractivity contribution in [3.8, 4) is 6.07 Å². The highest BCUT2D eigenvalue weighted by atomic mass is 79.9. The number of hydrogen-bond acceptors (Lipinski definition) is 3. The SMILES string of the molecule is N#CC(CBr)c1ccc(S(=O)(=O)C(F)(F)F)cc1. The van der Waals surface area contributed by atoms with Crippen LogP contribution in [0.5, 0.6) is 0 Å². The molecular formula is C10H7BrF3NO2S. The van der Waals surface area contributed by atoms with Crippen molar-refractivity contribution in [3.05, 3.63) is 29.8 Å². The highest BCUT2D eigenvalue weighted by Gasteiger charge is 2.46. The van der Waals surface area contributed by atoms with Crippen molar-refractivity contribution in [2.24, 2.45) is 0 Å². The van der Waals surface area contributed by atoms with Gasteiger partial charge in [-0.05, 0) is 17.7 Å². The van der Waals surface area contributed by atoms with Gasteiger partial charge < -0.3 is 0 Å². The zero-order valence-corrected chi connectivity index (χ0v) is 11.2. The average molecular weight is 342 g/mol. The molecule has 0 N–H and O–H groups in total. The van der Waals surface area contributed by atoms with Crippen molar-refractivity contribution >= 4 is 25.8 Å². The maximum absolute atomic E-state index is 12.3. The molecule has 0 radical (unpaired) electrons. The van der Waals surface area contributed by atoms with E-state index in [2.05, 4.69) is 15.9 Å². The van der Waals surface area contributed by atoms with E-state index < -0.39 is 26.2 Å². The van der Waals surface area contributed by atoms with Crippen LogP contribution < -0.4 is 0 Å². The van der Waals surface area contributed by atoms with Crippen LogP contribution in [0, 0.1) is 11.3 Å². The Labute approximate surface area is 110 Å². The molecule has 0 bridgehead atoms. The molecule has 0 fully saturated rings. The second kappa shape index (κ2) is 5.28. The summed E-state index contributed by atoms with van der Waals surface area (Å²) in [6, 6.07) is 6.05. The Morgan fingerprint density at radius 1 is 1.28 bits per heavy atom. The predicted octanol–water partition coefficient (Wildman–Crippen LogP) is 2.98. The van der Waals surface area contributed by atoms with Crippen molar-refractivity contribution in [2.75, 3.05) is 5.33 Å². The maximum atomic E-state index is 12.3. The Morgan fingerprint density at radius 2 is 1.78 bits per heavy atom. The standard InChI is InChI=1S/C10H7BrF3NO2S/c11-5-8(6-15)7-1-3-9(4-2-7)18(16,17)10(12,13)14/h1-4,8H,5H2. The van der Waals surface area contributed by atoms with E-state index in [1.807, 2.05) is 6.07 Å². The number of nitrogens with zero attached hydrogens (tertiary/aromatic N) is 1. The van der Waals surface area contributed by atoms with E-state index in [-0.39, 0.29) is 0 Å². The quantitative estimate of drug-likeness (QED) is 0.794. The monoisotopic (exact) mass is 341 g/mol. The van der Waals surface area contributed by atoms with Gasteiger partial charge in [-0.25, -0.2) is 8.42 Å². The Balaban J connectivity index is 3.16. The topological polar surface area (TPSA) is 57.9 Å². The Morgan fingerprint density at radius 3 is 2.11 bits per heavy atom. The first-order chi connectivity index (χ1) is 8.24. The number of sulfone groups is 1. The number of halogens is 4. The number of hydrogen-bond donors (Lipinski definition) is 0. The van der Waals surface area contributed by atoms with Crippen LogP contribution in [0.3, 0.4) is 0 Å². The van der Waals surface area contributed by atoms with E-state index in [0.29, 0.717) is 10.9 Å². The van der Waals surface area contributed by atoms with Crippen LogP contribution in [-0.4, -0.2) is 19.3 Å². The summed E-state index contributed by atoms with van der Waals surface area (Å²) in [4.78, 5) is -0.829. The lowest BCUT2D eigenvalue weighted by atomic mass is 10.0. The fraction of sp³-hybridized carbons (Fsp3) is 0.300. The van der Waals surface area contributed by atoms with E-state index in [4.69, 9.17) is 5.26 Å². The molecule has 0 heterocycles. The molecule has 8 heteroatoms. The van der Waals surface area contributed by atoms with E-state index in [0.717, 1.165) is 12.1 Å². The zero-order chi connectivity index (χ0) is 14.0. The van der Waals surface area contributed by atoms with Crippen molar-refractivity contribution in [1.29, 1.82) is 5.26 Å². The van der Waals surface area contributed by atoms with Crippen molar-refractivity contribution in [2.45, 2.75) is 16.3 Å². The normalized spacial score (nSPS) is 13.9. The molecule has 0 aliphatic rings. The molecule has 18 heavy (non-hydrogen) atoms. The Hall–Kier alpha value is -1.07. The summed E-state index contributed by atoms with van der Waals surface area (Å²) in [5.41, 5.74) is -4.87. The van der Waals surface area contributed by atoms with Gasteiger partial charge in [-0.2, -0.15) is 18.4 Å². The van der Waals surface area contributed by atoms with Crippen LogP contribution in [0.2, 0.25) is 0 Å². The Kier molecular flexibility index (Phi) is 4.40. The summed E-state index contributed by atoms with van der Waals surface area (Å²) in [6.07, 6.45) is 0. The van der Waals surface area contributed by atoms with E-state index in [1.165, 1.54) is 12.1 Å². The van der Waals surface area contributed by atoms with Crippen LogP contribution >= 0.6 is 15.9 Å². The van der Waals surface area contributed by atoms with Crippen LogP contribution in [0.1, 0.15) is 11.5 Å². The fourth-order valence-corrected chi connectivity index (χ4v) is 2.49. The van der Waals surface area contributed by atoms with Gasteiger partial charge in [0.05, 0.1) is 16.9 Å². The van der Waals surface area contributed by atoms with Gasteiger partial charge >= 0.3 is 5.51 Å². The minimum Gasteiger partial charge on any atom is -0.214 e. The Bertz CT molecular complexity index is 560. The van der Waals surface area contributed by atoms with Gasteiger partial charge in [0.1, 0.15) is 0 Å². The second-order valence-corrected chi connectivity index (χ2v) is 5.94. The molecule has 0 aliphatic carbocycles. The number of benzene rings is 1. The summed E-state index contributed by atoms with van der Waals surface area (Å²) in [5, 5.41) is 9.07. The molecular weight excluding hydrogens is 335 g/mol. The fourth-order valence-electron chi connectivity index (χ4n) is 1.21. The van der Waals surface area contributed by atoms with Gasteiger partial charge in [-0.15, -0.1) is 0 Å². The third-order valence-corrected chi connectivity index (χ3v) is 4.36. The van der Waals surface area contributed by atoms with Gasteiger partial charge in [0.15, 0.2) is 0 Å². The third-order valence-electron chi connectivity index (χ3n) is 2.21. The van der Waals surface area contributed by atoms with Gasteiger partial charge in [0.25, 0.3) is 9.84 Å². The van der Waals surface area contributed by atoms with E-state index in [9.17, 15) is 21.6 Å². The molecule has 1 aromatic carbocycles. The maximum Gasteiger partial charge on any atom is 0.501 e. The molecule has 0 spiro atoms. The van der Waals surface area contributed by atoms with Crippen molar-refractivity contribution < 1.29 is 21.6 Å². The lowest BCUT2D eigenvalue weighted by Gasteiger charge is -2.10. The van der Waals surface area contributed by atoms with Gasteiger partial charge in [-0.1, -0.05) is 28.1 Å². The minimum atomic E-state index is -5.33. The number of alkyl halides is 4.